The molecule has 1 saturated carbocycles. The highest BCUT2D eigenvalue weighted by atomic mass is 35.5. The number of rotatable bonds is 1. The van der Waals surface area contributed by atoms with Gasteiger partial charge >= 0.3 is 0 Å². The van der Waals surface area contributed by atoms with Crippen LogP contribution in [0.25, 0.3) is 0 Å². The molecule has 1 aromatic rings. The van der Waals surface area contributed by atoms with Crippen LogP contribution in [0.2, 0.25) is 10.0 Å². The van der Waals surface area contributed by atoms with Crippen molar-refractivity contribution in [2.75, 3.05) is 19.6 Å². The number of halogens is 2. The summed E-state index contributed by atoms with van der Waals surface area (Å²) in [6.45, 7) is 6.33. The zero-order chi connectivity index (χ0) is 11.5. The highest BCUT2D eigenvalue weighted by molar-refractivity contribution is 6.41. The van der Waals surface area contributed by atoms with Gasteiger partial charge in [0.1, 0.15) is 0 Å². The van der Waals surface area contributed by atoms with Gasteiger partial charge in [-0.25, -0.2) is 0 Å². The molecule has 2 aliphatic rings. The highest BCUT2D eigenvalue weighted by Crippen LogP contribution is 2.44. The number of nitrogens with zero attached hydrogens (tertiary/aromatic N) is 1. The third-order valence-electron chi connectivity index (χ3n) is 3.33. The first-order valence-electron chi connectivity index (χ1n) is 5.83. The molecule has 1 heterocycles. The number of hydrogen-bond acceptors (Lipinski definition) is 1. The Bertz CT molecular complexity index is 323. The van der Waals surface area contributed by atoms with E-state index in [4.69, 9.17) is 23.2 Å². The molecule has 0 bridgehead atoms. The van der Waals surface area contributed by atoms with E-state index in [0.29, 0.717) is 10.0 Å². The Morgan fingerprint density at radius 2 is 1.62 bits per heavy atom. The van der Waals surface area contributed by atoms with Gasteiger partial charge < -0.3 is 4.90 Å². The molecule has 1 saturated heterocycles. The van der Waals surface area contributed by atoms with Gasteiger partial charge in [0.2, 0.25) is 0 Å². The van der Waals surface area contributed by atoms with Gasteiger partial charge in [-0.3, -0.25) is 0 Å². The lowest BCUT2D eigenvalue weighted by atomic mass is 10.4. The molecular weight excluding hydrogens is 241 g/mol. The first kappa shape index (κ1) is 12.2. The molecule has 1 nitrogen and oxygen atoms in total. The normalized spacial score (nSPS) is 26.9. The van der Waals surface area contributed by atoms with Gasteiger partial charge in [0.05, 0.1) is 10.0 Å². The molecule has 1 aliphatic carbocycles. The van der Waals surface area contributed by atoms with Gasteiger partial charge in [0.25, 0.3) is 0 Å². The van der Waals surface area contributed by atoms with Crippen molar-refractivity contribution in [1.29, 1.82) is 0 Å². The topological polar surface area (TPSA) is 3.24 Å². The van der Waals surface area contributed by atoms with E-state index in [1.54, 1.807) is 12.1 Å². The summed E-state index contributed by atoms with van der Waals surface area (Å²) in [6.07, 6.45) is 1.54. The largest absolute Gasteiger partial charge is 0.303 e. The smallest absolute Gasteiger partial charge is 0.0592 e. The quantitative estimate of drug-likeness (QED) is 0.737. The lowest BCUT2D eigenvalue weighted by Gasteiger charge is -2.12. The van der Waals surface area contributed by atoms with Gasteiger partial charge in [-0.15, -0.1) is 0 Å². The predicted molar refractivity (Wildman–Crippen MR) is 70.2 cm³/mol. The van der Waals surface area contributed by atoms with Crippen LogP contribution < -0.4 is 0 Å². The second kappa shape index (κ2) is 5.39. The number of hydrogen-bond donors (Lipinski definition) is 0. The Morgan fingerprint density at radius 3 is 1.94 bits per heavy atom. The van der Waals surface area contributed by atoms with E-state index < -0.39 is 0 Å². The summed E-state index contributed by atoms with van der Waals surface area (Å²) in [5.41, 5.74) is 0. The minimum Gasteiger partial charge on any atom is -0.303 e. The van der Waals surface area contributed by atoms with Crippen molar-refractivity contribution in [2.24, 2.45) is 11.8 Å². The molecule has 0 aromatic heterocycles. The van der Waals surface area contributed by atoms with Crippen molar-refractivity contribution in [3.05, 3.63) is 34.3 Å². The second-order valence-corrected chi connectivity index (χ2v) is 5.34. The van der Waals surface area contributed by atoms with Crippen molar-refractivity contribution >= 4 is 23.2 Å². The summed E-state index contributed by atoms with van der Waals surface area (Å²) in [6, 6.07) is 7.19. The van der Waals surface area contributed by atoms with Gasteiger partial charge in [0.15, 0.2) is 0 Å². The average molecular weight is 258 g/mol. The zero-order valence-electron chi connectivity index (χ0n) is 9.50. The lowest BCUT2D eigenvalue weighted by molar-refractivity contribution is 0.322. The van der Waals surface area contributed by atoms with Crippen LogP contribution in [-0.2, 0) is 0 Å². The van der Waals surface area contributed by atoms with Crippen molar-refractivity contribution in [3.63, 3.8) is 0 Å². The first-order valence-corrected chi connectivity index (χ1v) is 6.58. The average Bonchev–Trinajstić information content (AvgIpc) is 2.91. The Balaban J connectivity index is 0.000000120. The van der Waals surface area contributed by atoms with Gasteiger partial charge in [-0.05, 0) is 36.9 Å². The molecule has 3 heteroatoms. The van der Waals surface area contributed by atoms with Crippen molar-refractivity contribution < 1.29 is 0 Å². The molecule has 0 spiro atoms. The highest BCUT2D eigenvalue weighted by Gasteiger charge is 2.44. The van der Waals surface area contributed by atoms with Crippen molar-refractivity contribution in [1.82, 2.24) is 4.90 Å². The van der Waals surface area contributed by atoms with Gasteiger partial charge in [-0.1, -0.05) is 42.3 Å². The fourth-order valence-corrected chi connectivity index (χ4v) is 2.46. The molecule has 2 unspecified atom stereocenters. The van der Waals surface area contributed by atoms with Crippen LogP contribution in [0.1, 0.15) is 13.3 Å². The summed E-state index contributed by atoms with van der Waals surface area (Å²) in [5, 5.41) is 1.21. The predicted octanol–water partition coefficient (Wildman–Crippen LogP) is 3.95. The molecule has 3 rings (SSSR count). The first-order chi connectivity index (χ1) is 7.70. The molecule has 16 heavy (non-hydrogen) atoms. The standard InChI is InChI=1S/C7H13N.C6H4Cl2/c1-2-8-4-6-3-7(6)5-8;7-5-3-1-2-4-6(5)8/h6-7H,2-5H2,1H3;1-4H. The third kappa shape index (κ3) is 3.13. The van der Waals surface area contributed by atoms with E-state index in [1.165, 1.54) is 26.1 Å². The maximum Gasteiger partial charge on any atom is 0.0592 e. The van der Waals surface area contributed by atoms with E-state index in [-0.39, 0.29) is 0 Å². The van der Waals surface area contributed by atoms with E-state index in [0.717, 1.165) is 11.8 Å². The maximum atomic E-state index is 5.58. The zero-order valence-corrected chi connectivity index (χ0v) is 11.0. The van der Waals surface area contributed by atoms with Crippen LogP contribution in [0.3, 0.4) is 0 Å². The summed E-state index contributed by atoms with van der Waals surface area (Å²) >= 11 is 11.2. The molecule has 0 amide bonds. The summed E-state index contributed by atoms with van der Waals surface area (Å²) in [7, 11) is 0. The molecule has 2 fully saturated rings. The fraction of sp³-hybridized carbons (Fsp3) is 0.538. The summed E-state index contributed by atoms with van der Waals surface area (Å²) in [4.78, 5) is 2.55. The van der Waals surface area contributed by atoms with E-state index in [2.05, 4.69) is 11.8 Å². The Kier molecular flexibility index (Phi) is 4.12. The Labute approximate surface area is 107 Å². The summed E-state index contributed by atoms with van der Waals surface area (Å²) < 4.78 is 0. The van der Waals surface area contributed by atoms with Crippen LogP contribution >= 0.6 is 23.2 Å². The van der Waals surface area contributed by atoms with Crippen LogP contribution in [0.15, 0.2) is 24.3 Å². The van der Waals surface area contributed by atoms with Crippen molar-refractivity contribution in [3.8, 4) is 0 Å². The van der Waals surface area contributed by atoms with E-state index in [1.807, 2.05) is 12.1 Å². The van der Waals surface area contributed by atoms with Crippen LogP contribution in [0, 0.1) is 11.8 Å². The monoisotopic (exact) mass is 257 g/mol. The van der Waals surface area contributed by atoms with E-state index in [9.17, 15) is 0 Å². The molecule has 0 N–H and O–H groups in total. The van der Waals surface area contributed by atoms with Gasteiger partial charge in [-0.2, -0.15) is 0 Å². The third-order valence-corrected chi connectivity index (χ3v) is 4.08. The maximum absolute atomic E-state index is 5.58. The van der Waals surface area contributed by atoms with Crippen LogP contribution in [-0.4, -0.2) is 24.5 Å². The minimum absolute atomic E-state index is 0.606. The Morgan fingerprint density at radius 1 is 1.12 bits per heavy atom. The molecule has 88 valence electrons. The molecule has 1 aromatic carbocycles. The van der Waals surface area contributed by atoms with Crippen molar-refractivity contribution in [2.45, 2.75) is 13.3 Å². The SMILES string of the molecule is CCN1CC2CC2C1.Clc1ccccc1Cl. The number of benzene rings is 1. The lowest BCUT2D eigenvalue weighted by Crippen LogP contribution is -2.21. The minimum atomic E-state index is 0.606. The number of likely N-dealkylation sites (tertiary alicyclic amines) is 1. The number of piperidine rings is 1. The fourth-order valence-electron chi connectivity index (χ4n) is 2.19. The van der Waals surface area contributed by atoms with Crippen LogP contribution in [0.5, 0.6) is 0 Å². The molecule has 1 aliphatic heterocycles. The second-order valence-electron chi connectivity index (χ2n) is 4.52. The summed E-state index contributed by atoms with van der Waals surface area (Å²) in [5.74, 6) is 2.24. The van der Waals surface area contributed by atoms with Gasteiger partial charge in [0, 0.05) is 13.1 Å². The molecule has 2 atom stereocenters. The Hall–Kier alpha value is -0.240. The number of fused-ring (bicyclic) bond motifs is 1. The molecule has 0 radical (unpaired) electrons. The van der Waals surface area contributed by atoms with E-state index >= 15 is 0 Å². The molecular formula is C13H17Cl2N. The van der Waals surface area contributed by atoms with Crippen LogP contribution in [0.4, 0.5) is 0 Å².